The first-order valence-electron chi connectivity index (χ1n) is 6.01. The molecule has 0 bridgehead atoms. The maximum atomic E-state index is 6.12. The standard InChI is InChI=1S/C15H15BrClNO/c1-10(18-2)12-9-11(16)7-8-14(12)19-15-6-4-3-5-13(15)17/h3-10,18H,1-2H3. The first-order valence-corrected chi connectivity index (χ1v) is 7.18. The van der Waals surface area contributed by atoms with Crippen LogP contribution in [0.3, 0.4) is 0 Å². The fourth-order valence-corrected chi connectivity index (χ4v) is 2.31. The molecule has 0 aliphatic rings. The Labute approximate surface area is 126 Å². The Morgan fingerprint density at radius 3 is 2.58 bits per heavy atom. The van der Waals surface area contributed by atoms with Crippen LogP contribution in [0.5, 0.6) is 11.5 Å². The highest BCUT2D eigenvalue weighted by atomic mass is 79.9. The molecule has 0 spiro atoms. The van der Waals surface area contributed by atoms with Crippen molar-refractivity contribution in [2.75, 3.05) is 7.05 Å². The van der Waals surface area contributed by atoms with Crippen molar-refractivity contribution in [3.05, 3.63) is 57.5 Å². The van der Waals surface area contributed by atoms with Gasteiger partial charge in [0.2, 0.25) is 0 Å². The van der Waals surface area contributed by atoms with E-state index in [1.54, 1.807) is 0 Å². The second kappa shape index (κ2) is 6.42. The Balaban J connectivity index is 2.37. The van der Waals surface area contributed by atoms with Gasteiger partial charge in [-0.1, -0.05) is 39.7 Å². The van der Waals surface area contributed by atoms with E-state index < -0.39 is 0 Å². The van der Waals surface area contributed by atoms with E-state index in [9.17, 15) is 0 Å². The first kappa shape index (κ1) is 14.4. The largest absolute Gasteiger partial charge is 0.455 e. The van der Waals surface area contributed by atoms with Gasteiger partial charge in [-0.2, -0.15) is 0 Å². The molecule has 0 aliphatic carbocycles. The minimum absolute atomic E-state index is 0.190. The molecule has 1 atom stereocenters. The normalized spacial score (nSPS) is 12.2. The maximum Gasteiger partial charge on any atom is 0.146 e. The predicted octanol–water partition coefficient (Wildman–Crippen LogP) is 5.18. The van der Waals surface area contributed by atoms with Crippen molar-refractivity contribution in [2.45, 2.75) is 13.0 Å². The molecule has 0 aromatic heterocycles. The minimum Gasteiger partial charge on any atom is -0.455 e. The average Bonchev–Trinajstić information content (AvgIpc) is 2.42. The third kappa shape index (κ3) is 3.50. The molecule has 2 nitrogen and oxygen atoms in total. The zero-order valence-electron chi connectivity index (χ0n) is 10.8. The molecule has 0 saturated heterocycles. The number of hydrogen-bond acceptors (Lipinski definition) is 2. The van der Waals surface area contributed by atoms with Crippen LogP contribution in [0.2, 0.25) is 5.02 Å². The van der Waals surface area contributed by atoms with Gasteiger partial charge in [-0.3, -0.25) is 0 Å². The van der Waals surface area contributed by atoms with E-state index in [-0.39, 0.29) is 6.04 Å². The van der Waals surface area contributed by atoms with Gasteiger partial charge in [0.15, 0.2) is 0 Å². The van der Waals surface area contributed by atoms with Gasteiger partial charge in [-0.15, -0.1) is 0 Å². The molecule has 1 unspecified atom stereocenters. The van der Waals surface area contributed by atoms with E-state index in [1.807, 2.05) is 49.5 Å². The second-order valence-corrected chi connectivity index (χ2v) is 5.55. The van der Waals surface area contributed by atoms with Gasteiger partial charge in [0.05, 0.1) is 5.02 Å². The summed E-state index contributed by atoms with van der Waals surface area (Å²) in [4.78, 5) is 0. The molecule has 2 aromatic carbocycles. The lowest BCUT2D eigenvalue weighted by molar-refractivity contribution is 0.466. The lowest BCUT2D eigenvalue weighted by Crippen LogP contribution is -2.13. The zero-order chi connectivity index (χ0) is 13.8. The smallest absolute Gasteiger partial charge is 0.146 e. The Morgan fingerprint density at radius 1 is 1.16 bits per heavy atom. The number of hydrogen-bond donors (Lipinski definition) is 1. The quantitative estimate of drug-likeness (QED) is 0.828. The van der Waals surface area contributed by atoms with Crippen LogP contribution >= 0.6 is 27.5 Å². The fourth-order valence-electron chi connectivity index (χ4n) is 1.75. The van der Waals surface area contributed by atoms with Gasteiger partial charge < -0.3 is 10.1 Å². The zero-order valence-corrected chi connectivity index (χ0v) is 13.1. The van der Waals surface area contributed by atoms with Crippen molar-refractivity contribution in [2.24, 2.45) is 0 Å². The molecular weight excluding hydrogens is 326 g/mol. The molecule has 2 rings (SSSR count). The third-order valence-electron chi connectivity index (χ3n) is 2.93. The summed E-state index contributed by atoms with van der Waals surface area (Å²) in [6.45, 7) is 2.08. The van der Waals surface area contributed by atoms with Crippen LogP contribution in [0, 0.1) is 0 Å². The van der Waals surface area contributed by atoms with Gasteiger partial charge in [0, 0.05) is 16.1 Å². The van der Waals surface area contributed by atoms with Gasteiger partial charge in [-0.25, -0.2) is 0 Å². The lowest BCUT2D eigenvalue weighted by atomic mass is 10.1. The topological polar surface area (TPSA) is 21.3 Å². The van der Waals surface area contributed by atoms with Crippen LogP contribution in [-0.4, -0.2) is 7.05 Å². The highest BCUT2D eigenvalue weighted by molar-refractivity contribution is 9.10. The van der Waals surface area contributed by atoms with Crippen LogP contribution in [0.1, 0.15) is 18.5 Å². The van der Waals surface area contributed by atoms with E-state index in [0.717, 1.165) is 15.8 Å². The molecular formula is C15H15BrClNO. The van der Waals surface area contributed by atoms with Crippen molar-refractivity contribution < 1.29 is 4.74 Å². The Hall–Kier alpha value is -1.03. The van der Waals surface area contributed by atoms with Gasteiger partial charge in [-0.05, 0) is 44.3 Å². The first-order chi connectivity index (χ1) is 9.11. The number of nitrogens with one attached hydrogen (secondary N) is 1. The van der Waals surface area contributed by atoms with Gasteiger partial charge >= 0.3 is 0 Å². The number of para-hydroxylation sites is 1. The van der Waals surface area contributed by atoms with Crippen LogP contribution in [0.4, 0.5) is 0 Å². The maximum absolute atomic E-state index is 6.12. The molecule has 0 fully saturated rings. The molecule has 19 heavy (non-hydrogen) atoms. The van der Waals surface area contributed by atoms with E-state index in [4.69, 9.17) is 16.3 Å². The molecule has 1 N–H and O–H groups in total. The third-order valence-corrected chi connectivity index (χ3v) is 3.73. The predicted molar refractivity (Wildman–Crippen MR) is 83.1 cm³/mol. The monoisotopic (exact) mass is 339 g/mol. The van der Waals surface area contributed by atoms with Crippen molar-refractivity contribution >= 4 is 27.5 Å². The van der Waals surface area contributed by atoms with Gasteiger partial charge in [0.25, 0.3) is 0 Å². The van der Waals surface area contributed by atoms with Crippen molar-refractivity contribution in [3.8, 4) is 11.5 Å². The summed E-state index contributed by atoms with van der Waals surface area (Å²) in [5.41, 5.74) is 1.08. The summed E-state index contributed by atoms with van der Waals surface area (Å²) < 4.78 is 6.95. The summed E-state index contributed by atoms with van der Waals surface area (Å²) >= 11 is 9.61. The second-order valence-electron chi connectivity index (χ2n) is 4.22. The number of rotatable bonds is 4. The highest BCUT2D eigenvalue weighted by Gasteiger charge is 2.12. The summed E-state index contributed by atoms with van der Waals surface area (Å²) in [5, 5.41) is 3.82. The van der Waals surface area contributed by atoms with E-state index >= 15 is 0 Å². The minimum atomic E-state index is 0.190. The Kier molecular flexibility index (Phi) is 4.86. The van der Waals surface area contributed by atoms with E-state index in [0.29, 0.717) is 10.8 Å². The molecule has 0 heterocycles. The summed E-state index contributed by atoms with van der Waals surface area (Å²) in [7, 11) is 1.92. The van der Waals surface area contributed by atoms with Crippen LogP contribution in [0.15, 0.2) is 46.9 Å². The molecule has 100 valence electrons. The van der Waals surface area contributed by atoms with Crippen molar-refractivity contribution in [3.63, 3.8) is 0 Å². The fraction of sp³-hybridized carbons (Fsp3) is 0.200. The average molecular weight is 341 g/mol. The van der Waals surface area contributed by atoms with Crippen molar-refractivity contribution in [1.82, 2.24) is 5.32 Å². The van der Waals surface area contributed by atoms with E-state index in [2.05, 4.69) is 28.2 Å². The number of ether oxygens (including phenoxy) is 1. The molecule has 2 aromatic rings. The van der Waals surface area contributed by atoms with Gasteiger partial charge in [0.1, 0.15) is 11.5 Å². The van der Waals surface area contributed by atoms with E-state index in [1.165, 1.54) is 0 Å². The summed E-state index contributed by atoms with van der Waals surface area (Å²) in [5.74, 6) is 1.47. The molecule has 4 heteroatoms. The van der Waals surface area contributed by atoms with Crippen molar-refractivity contribution in [1.29, 1.82) is 0 Å². The SMILES string of the molecule is CNC(C)c1cc(Br)ccc1Oc1ccccc1Cl. The molecule has 0 radical (unpaired) electrons. The van der Waals surface area contributed by atoms with Crippen LogP contribution in [0.25, 0.3) is 0 Å². The number of halogens is 2. The van der Waals surface area contributed by atoms with Crippen LogP contribution in [-0.2, 0) is 0 Å². The highest BCUT2D eigenvalue weighted by Crippen LogP contribution is 2.34. The Bertz CT molecular complexity index is 574. The molecule has 0 saturated carbocycles. The van der Waals surface area contributed by atoms with Crippen LogP contribution < -0.4 is 10.1 Å². The summed E-state index contributed by atoms with van der Waals surface area (Å²) in [6.07, 6.45) is 0. The Morgan fingerprint density at radius 2 is 1.89 bits per heavy atom. The molecule has 0 amide bonds. The molecule has 0 aliphatic heterocycles. The lowest BCUT2D eigenvalue weighted by Gasteiger charge is -2.17. The number of benzene rings is 2. The summed E-state index contributed by atoms with van der Waals surface area (Å²) in [6, 6.07) is 13.6.